The Kier molecular flexibility index (Phi) is 9.44. The molecule has 0 amide bonds. The average molecular weight is 614 g/mol. The van der Waals surface area contributed by atoms with Crippen molar-refractivity contribution in [2.24, 2.45) is 0 Å². The number of carbonyl (C=O) groups is 2. The van der Waals surface area contributed by atoms with Crippen molar-refractivity contribution in [3.05, 3.63) is 87.1 Å². The minimum absolute atomic E-state index is 0.0195. The molecule has 0 bridgehead atoms. The number of aromatic nitrogens is 3. The standard InChI is InChI=1S/C31H30ClF2N3O6/c1-6-23(24(38)13-17-7-9-18(10-8-17)30(40)43-31(2,3)4)37-16-25(41-5)22(15-26(37)39)21-14-19(32)11-12-20(21)28-35-36-29(42-28)27(33)34/h7-12,14-16,23,27H,6,13H2,1-5H3. The Balaban J connectivity index is 1.65. The predicted octanol–water partition coefficient (Wildman–Crippen LogP) is 6.88. The highest BCUT2D eigenvalue weighted by Gasteiger charge is 2.25. The molecule has 2 aromatic carbocycles. The second kappa shape index (κ2) is 12.9. The van der Waals surface area contributed by atoms with Gasteiger partial charge in [0.25, 0.3) is 11.4 Å². The number of carbonyl (C=O) groups excluding carboxylic acids is 2. The molecule has 0 fully saturated rings. The van der Waals surface area contributed by atoms with Gasteiger partial charge in [0, 0.05) is 28.6 Å². The van der Waals surface area contributed by atoms with Crippen molar-refractivity contribution in [3.63, 3.8) is 0 Å². The zero-order valence-corrected chi connectivity index (χ0v) is 24.9. The molecule has 1 atom stereocenters. The van der Waals surface area contributed by atoms with Crippen LogP contribution >= 0.6 is 11.6 Å². The summed E-state index contributed by atoms with van der Waals surface area (Å²) in [5, 5.41) is 7.41. The van der Waals surface area contributed by atoms with Crippen molar-refractivity contribution in [2.75, 3.05) is 7.11 Å². The summed E-state index contributed by atoms with van der Waals surface area (Å²) in [6, 6.07) is 11.6. The normalized spacial score (nSPS) is 12.3. The number of rotatable bonds is 10. The largest absolute Gasteiger partial charge is 0.495 e. The van der Waals surface area contributed by atoms with Gasteiger partial charge in [0.05, 0.1) is 24.9 Å². The molecule has 226 valence electrons. The van der Waals surface area contributed by atoms with Crippen molar-refractivity contribution in [1.29, 1.82) is 0 Å². The molecule has 0 aliphatic heterocycles. The van der Waals surface area contributed by atoms with E-state index in [0.717, 1.165) is 0 Å². The van der Waals surface area contributed by atoms with Crippen LogP contribution in [-0.2, 0) is 16.0 Å². The molecule has 9 nitrogen and oxygen atoms in total. The summed E-state index contributed by atoms with van der Waals surface area (Å²) in [5.41, 5.74) is 0.779. The smallest absolute Gasteiger partial charge is 0.338 e. The lowest BCUT2D eigenvalue weighted by atomic mass is 9.98. The van der Waals surface area contributed by atoms with E-state index < -0.39 is 35.5 Å². The first-order chi connectivity index (χ1) is 20.3. The molecular weight excluding hydrogens is 584 g/mol. The first-order valence-corrected chi connectivity index (χ1v) is 13.8. The fraction of sp³-hybridized carbons (Fsp3) is 0.323. The summed E-state index contributed by atoms with van der Waals surface area (Å²) >= 11 is 6.24. The zero-order chi connectivity index (χ0) is 31.5. The fourth-order valence-corrected chi connectivity index (χ4v) is 4.67. The molecule has 0 aliphatic rings. The van der Waals surface area contributed by atoms with Gasteiger partial charge in [-0.05, 0) is 68.7 Å². The number of pyridine rings is 1. The molecule has 4 rings (SSSR count). The van der Waals surface area contributed by atoms with Gasteiger partial charge in [0.1, 0.15) is 11.4 Å². The highest BCUT2D eigenvalue weighted by molar-refractivity contribution is 6.31. The van der Waals surface area contributed by atoms with E-state index in [1.165, 1.54) is 42.1 Å². The Hall–Kier alpha value is -4.38. The number of hydrogen-bond donors (Lipinski definition) is 0. The molecule has 0 spiro atoms. The van der Waals surface area contributed by atoms with Crippen LogP contribution in [0, 0.1) is 0 Å². The minimum Gasteiger partial charge on any atom is -0.495 e. The van der Waals surface area contributed by atoms with Gasteiger partial charge in [0.2, 0.25) is 5.89 Å². The molecule has 0 N–H and O–H groups in total. The Labute approximate surface area is 251 Å². The first-order valence-electron chi connectivity index (χ1n) is 13.4. The van der Waals surface area contributed by atoms with Gasteiger partial charge in [-0.3, -0.25) is 9.59 Å². The van der Waals surface area contributed by atoms with Gasteiger partial charge in [0.15, 0.2) is 5.78 Å². The van der Waals surface area contributed by atoms with Crippen molar-refractivity contribution in [3.8, 4) is 28.3 Å². The van der Waals surface area contributed by atoms with Crippen molar-refractivity contribution >= 4 is 23.4 Å². The molecule has 2 aromatic heterocycles. The third kappa shape index (κ3) is 7.34. The van der Waals surface area contributed by atoms with E-state index in [1.54, 1.807) is 52.0 Å². The maximum Gasteiger partial charge on any atom is 0.338 e. The van der Waals surface area contributed by atoms with Gasteiger partial charge in [-0.25, -0.2) is 4.79 Å². The molecule has 1 unspecified atom stereocenters. The van der Waals surface area contributed by atoms with E-state index in [4.69, 9.17) is 25.5 Å². The first kappa shape index (κ1) is 31.6. The van der Waals surface area contributed by atoms with Crippen LogP contribution in [0.5, 0.6) is 5.75 Å². The quantitative estimate of drug-likeness (QED) is 0.178. The molecule has 0 saturated carbocycles. The summed E-state index contributed by atoms with van der Waals surface area (Å²) < 4.78 is 43.6. The van der Waals surface area contributed by atoms with E-state index in [-0.39, 0.29) is 35.0 Å². The van der Waals surface area contributed by atoms with Crippen LogP contribution in [0.4, 0.5) is 8.78 Å². The number of alkyl halides is 2. The Morgan fingerprint density at radius 1 is 1.02 bits per heavy atom. The van der Waals surface area contributed by atoms with Gasteiger partial charge in [-0.1, -0.05) is 30.7 Å². The number of nitrogens with zero attached hydrogens (tertiary/aromatic N) is 3. The highest BCUT2D eigenvalue weighted by atomic mass is 35.5. The van der Waals surface area contributed by atoms with Crippen molar-refractivity contribution in [1.82, 2.24) is 14.8 Å². The van der Waals surface area contributed by atoms with Crippen LogP contribution in [-0.4, -0.2) is 39.2 Å². The van der Waals surface area contributed by atoms with Crippen LogP contribution < -0.4 is 10.3 Å². The molecule has 2 heterocycles. The van der Waals surface area contributed by atoms with E-state index in [9.17, 15) is 23.2 Å². The van der Waals surface area contributed by atoms with Gasteiger partial charge in [-0.2, -0.15) is 8.78 Å². The molecule has 0 saturated heterocycles. The summed E-state index contributed by atoms with van der Waals surface area (Å²) in [6.07, 6.45) is -1.19. The van der Waals surface area contributed by atoms with E-state index in [1.807, 2.05) is 0 Å². The lowest BCUT2D eigenvalue weighted by Gasteiger charge is -2.20. The topological polar surface area (TPSA) is 114 Å². The fourth-order valence-electron chi connectivity index (χ4n) is 4.50. The molecule has 12 heteroatoms. The number of ketones is 1. The van der Waals surface area contributed by atoms with Crippen molar-refractivity contribution in [2.45, 2.75) is 58.6 Å². The Bertz CT molecular complexity index is 1690. The zero-order valence-electron chi connectivity index (χ0n) is 24.2. The Morgan fingerprint density at radius 2 is 1.72 bits per heavy atom. The summed E-state index contributed by atoms with van der Waals surface area (Å²) in [5.74, 6) is -1.50. The molecular formula is C31H30ClF2N3O6. The molecule has 0 aliphatic carbocycles. The maximum absolute atomic E-state index is 13.4. The van der Waals surface area contributed by atoms with Gasteiger partial charge < -0.3 is 18.5 Å². The lowest BCUT2D eigenvalue weighted by molar-refractivity contribution is -0.121. The lowest BCUT2D eigenvalue weighted by Crippen LogP contribution is -2.30. The number of hydrogen-bond acceptors (Lipinski definition) is 8. The number of halogens is 3. The van der Waals surface area contributed by atoms with E-state index in [0.29, 0.717) is 28.1 Å². The third-order valence-electron chi connectivity index (χ3n) is 6.45. The van der Waals surface area contributed by atoms with Crippen LogP contribution in [0.15, 0.2) is 63.9 Å². The SMILES string of the molecule is CCC(C(=O)Cc1ccc(C(=O)OC(C)(C)C)cc1)n1cc(OC)c(-c2cc(Cl)ccc2-c2nnc(C(F)F)o2)cc1=O. The molecule has 43 heavy (non-hydrogen) atoms. The van der Waals surface area contributed by atoms with Gasteiger partial charge in [-0.15, -0.1) is 10.2 Å². The van der Waals surface area contributed by atoms with E-state index in [2.05, 4.69) is 10.2 Å². The Morgan fingerprint density at radius 3 is 2.30 bits per heavy atom. The second-order valence-electron chi connectivity index (χ2n) is 10.7. The number of benzene rings is 2. The summed E-state index contributed by atoms with van der Waals surface area (Å²) in [7, 11) is 1.40. The van der Waals surface area contributed by atoms with Crippen LogP contribution in [0.2, 0.25) is 5.02 Å². The van der Waals surface area contributed by atoms with E-state index >= 15 is 0 Å². The maximum atomic E-state index is 13.4. The van der Waals surface area contributed by atoms with Crippen LogP contribution in [0.1, 0.15) is 68.4 Å². The highest BCUT2D eigenvalue weighted by Crippen LogP contribution is 2.38. The second-order valence-corrected chi connectivity index (χ2v) is 11.1. The molecule has 0 radical (unpaired) electrons. The number of Topliss-reactive ketones (excluding diaryl/α,β-unsaturated/α-hetero) is 1. The monoisotopic (exact) mass is 613 g/mol. The van der Waals surface area contributed by atoms with Crippen LogP contribution in [0.25, 0.3) is 22.6 Å². The third-order valence-corrected chi connectivity index (χ3v) is 6.69. The number of esters is 1. The minimum atomic E-state index is -2.96. The number of methoxy groups -OCH3 is 1. The molecule has 4 aromatic rings. The predicted molar refractivity (Wildman–Crippen MR) is 156 cm³/mol. The average Bonchev–Trinajstić information content (AvgIpc) is 3.44. The van der Waals surface area contributed by atoms with Gasteiger partial charge >= 0.3 is 12.4 Å². The van der Waals surface area contributed by atoms with Crippen molar-refractivity contribution < 1.29 is 32.3 Å². The number of ether oxygens (including phenoxy) is 2. The summed E-state index contributed by atoms with van der Waals surface area (Å²) in [4.78, 5) is 39.1. The summed E-state index contributed by atoms with van der Waals surface area (Å²) in [6.45, 7) is 7.12. The van der Waals surface area contributed by atoms with Crippen LogP contribution in [0.3, 0.4) is 0 Å².